The third-order valence-corrected chi connectivity index (χ3v) is 3.03. The third-order valence-electron chi connectivity index (χ3n) is 3.03. The molecule has 3 rings (SSSR count). The van der Waals surface area contributed by atoms with Crippen molar-refractivity contribution in [1.29, 1.82) is 0 Å². The van der Waals surface area contributed by atoms with Crippen LogP contribution in [0, 0.1) is 0 Å². The Bertz CT molecular complexity index is 613. The molecule has 2 heterocycles. The van der Waals surface area contributed by atoms with E-state index in [-0.39, 0.29) is 6.04 Å². The maximum atomic E-state index is 11.1. The Morgan fingerprint density at radius 2 is 2.00 bits per heavy atom. The van der Waals surface area contributed by atoms with E-state index in [1.165, 1.54) is 0 Å². The number of carbonyl (C=O) groups excluding carboxylic acids is 1. The number of ether oxygens (including phenoxy) is 1. The number of anilines is 1. The lowest BCUT2D eigenvalue weighted by atomic mass is 10.1. The number of benzene rings is 1. The molecule has 0 radical (unpaired) electrons. The number of cyclic esters (lactones) is 1. The topological polar surface area (TPSA) is 77.2 Å². The highest BCUT2D eigenvalue weighted by molar-refractivity contribution is 5.73. The van der Waals surface area contributed by atoms with Gasteiger partial charge in [-0.05, 0) is 12.1 Å². The van der Waals surface area contributed by atoms with Gasteiger partial charge in [-0.25, -0.2) is 9.78 Å². The van der Waals surface area contributed by atoms with Gasteiger partial charge in [0.25, 0.3) is 0 Å². The number of nitrogen functional groups attached to an aromatic ring is 1. The molecule has 1 saturated heterocycles. The molecule has 1 aliphatic heterocycles. The minimum absolute atomic E-state index is 0.212. The summed E-state index contributed by atoms with van der Waals surface area (Å²) in [5, 5.41) is 2.70. The number of carbonyl (C=O) groups is 1. The zero-order valence-corrected chi connectivity index (χ0v) is 10.2. The first kappa shape index (κ1) is 11.5. The van der Waals surface area contributed by atoms with Gasteiger partial charge in [-0.2, -0.15) is 0 Å². The smallest absolute Gasteiger partial charge is 0.407 e. The van der Waals surface area contributed by atoms with Crippen molar-refractivity contribution in [2.45, 2.75) is 6.04 Å². The van der Waals surface area contributed by atoms with Crippen molar-refractivity contribution in [3.63, 3.8) is 0 Å². The fraction of sp³-hybridized carbons (Fsp3) is 0.143. The van der Waals surface area contributed by atoms with Crippen molar-refractivity contribution in [1.82, 2.24) is 10.3 Å². The SMILES string of the molecule is Nc1ccc(C2COC(=O)N2)nc1-c1ccccc1. The van der Waals surface area contributed by atoms with Gasteiger partial charge in [-0.1, -0.05) is 30.3 Å². The minimum atomic E-state index is -0.412. The van der Waals surface area contributed by atoms with E-state index in [0.717, 1.165) is 17.0 Å². The Morgan fingerprint density at radius 3 is 2.68 bits per heavy atom. The summed E-state index contributed by atoms with van der Waals surface area (Å²) in [6.07, 6.45) is -0.412. The van der Waals surface area contributed by atoms with Crippen LogP contribution in [0.4, 0.5) is 10.5 Å². The van der Waals surface area contributed by atoms with Crippen LogP contribution in [0.1, 0.15) is 11.7 Å². The Labute approximate surface area is 110 Å². The van der Waals surface area contributed by atoms with Crippen molar-refractivity contribution < 1.29 is 9.53 Å². The zero-order chi connectivity index (χ0) is 13.2. The fourth-order valence-electron chi connectivity index (χ4n) is 2.05. The van der Waals surface area contributed by atoms with E-state index < -0.39 is 6.09 Å². The number of hydrogen-bond donors (Lipinski definition) is 2. The van der Waals surface area contributed by atoms with Gasteiger partial charge < -0.3 is 15.8 Å². The molecule has 5 nitrogen and oxygen atoms in total. The number of hydrogen-bond acceptors (Lipinski definition) is 4. The number of nitrogens with zero attached hydrogens (tertiary/aromatic N) is 1. The van der Waals surface area contributed by atoms with E-state index in [2.05, 4.69) is 10.3 Å². The van der Waals surface area contributed by atoms with Crippen LogP contribution in [0.3, 0.4) is 0 Å². The summed E-state index contributed by atoms with van der Waals surface area (Å²) >= 11 is 0. The molecule has 5 heteroatoms. The van der Waals surface area contributed by atoms with Crippen LogP contribution in [-0.2, 0) is 4.74 Å². The van der Waals surface area contributed by atoms with Crippen LogP contribution < -0.4 is 11.1 Å². The Kier molecular flexibility index (Phi) is 2.79. The first-order valence-electron chi connectivity index (χ1n) is 5.99. The number of alkyl carbamates (subject to hydrolysis) is 1. The first-order chi connectivity index (χ1) is 9.24. The van der Waals surface area contributed by atoms with Crippen LogP contribution >= 0.6 is 0 Å². The molecular weight excluding hydrogens is 242 g/mol. The average Bonchev–Trinajstić information content (AvgIpc) is 2.87. The number of aromatic nitrogens is 1. The molecule has 0 saturated carbocycles. The van der Waals surface area contributed by atoms with Crippen LogP contribution in [0.25, 0.3) is 11.3 Å². The molecular formula is C14H13N3O2. The van der Waals surface area contributed by atoms with E-state index >= 15 is 0 Å². The van der Waals surface area contributed by atoms with Gasteiger partial charge in [0, 0.05) is 5.56 Å². The highest BCUT2D eigenvalue weighted by Crippen LogP contribution is 2.26. The molecule has 3 N–H and O–H groups in total. The predicted octanol–water partition coefficient (Wildman–Crippen LogP) is 2.11. The molecule has 19 heavy (non-hydrogen) atoms. The minimum Gasteiger partial charge on any atom is -0.447 e. The van der Waals surface area contributed by atoms with E-state index in [4.69, 9.17) is 10.5 Å². The second-order valence-corrected chi connectivity index (χ2v) is 4.34. The van der Waals surface area contributed by atoms with Crippen LogP contribution in [0.2, 0.25) is 0 Å². The summed E-state index contributed by atoms with van der Waals surface area (Å²) in [6, 6.07) is 13.1. The van der Waals surface area contributed by atoms with Gasteiger partial charge >= 0.3 is 6.09 Å². The third kappa shape index (κ3) is 2.22. The van der Waals surface area contributed by atoms with Gasteiger partial charge in [0.05, 0.1) is 17.1 Å². The van der Waals surface area contributed by atoms with Gasteiger partial charge in [0.1, 0.15) is 12.6 Å². The second-order valence-electron chi connectivity index (χ2n) is 4.34. The molecule has 1 aromatic carbocycles. The summed E-state index contributed by atoms with van der Waals surface area (Å²) in [5.74, 6) is 0. The Hall–Kier alpha value is -2.56. The van der Waals surface area contributed by atoms with Crippen molar-refractivity contribution in [2.75, 3.05) is 12.3 Å². The van der Waals surface area contributed by atoms with Crippen molar-refractivity contribution >= 4 is 11.8 Å². The first-order valence-corrected chi connectivity index (χ1v) is 5.99. The number of rotatable bonds is 2. The van der Waals surface area contributed by atoms with Crippen LogP contribution in [0.5, 0.6) is 0 Å². The highest BCUT2D eigenvalue weighted by Gasteiger charge is 2.25. The number of nitrogens with one attached hydrogen (secondary N) is 1. The molecule has 0 bridgehead atoms. The van der Waals surface area contributed by atoms with Gasteiger partial charge in [0.2, 0.25) is 0 Å². The molecule has 2 aromatic rings. The number of pyridine rings is 1. The zero-order valence-electron chi connectivity index (χ0n) is 10.2. The maximum Gasteiger partial charge on any atom is 0.407 e. The molecule has 1 amide bonds. The summed E-state index contributed by atoms with van der Waals surface area (Å²) in [7, 11) is 0. The van der Waals surface area contributed by atoms with Crippen LogP contribution in [0.15, 0.2) is 42.5 Å². The molecule has 1 unspecified atom stereocenters. The largest absolute Gasteiger partial charge is 0.447 e. The Balaban J connectivity index is 1.99. The van der Waals surface area contributed by atoms with E-state index in [1.54, 1.807) is 12.1 Å². The van der Waals surface area contributed by atoms with Crippen molar-refractivity contribution in [2.24, 2.45) is 0 Å². The molecule has 96 valence electrons. The summed E-state index contributed by atoms with van der Waals surface area (Å²) in [5.41, 5.74) is 9.00. The van der Waals surface area contributed by atoms with Gasteiger partial charge in [-0.3, -0.25) is 0 Å². The highest BCUT2D eigenvalue weighted by atomic mass is 16.6. The van der Waals surface area contributed by atoms with Gasteiger partial charge in [-0.15, -0.1) is 0 Å². The van der Waals surface area contributed by atoms with Crippen LogP contribution in [-0.4, -0.2) is 17.7 Å². The molecule has 1 aromatic heterocycles. The molecule has 0 aliphatic carbocycles. The molecule has 1 aliphatic rings. The summed E-state index contributed by atoms with van der Waals surface area (Å²) in [6.45, 7) is 0.296. The van der Waals surface area contributed by atoms with Crippen molar-refractivity contribution in [3.05, 3.63) is 48.2 Å². The lowest BCUT2D eigenvalue weighted by molar-refractivity contribution is 0.177. The predicted molar refractivity (Wildman–Crippen MR) is 71.3 cm³/mol. The lowest BCUT2D eigenvalue weighted by Crippen LogP contribution is -2.19. The number of amides is 1. The van der Waals surface area contributed by atoms with Crippen molar-refractivity contribution in [3.8, 4) is 11.3 Å². The fourth-order valence-corrected chi connectivity index (χ4v) is 2.05. The number of nitrogens with two attached hydrogens (primary N) is 1. The quantitative estimate of drug-likeness (QED) is 0.861. The van der Waals surface area contributed by atoms with E-state index in [9.17, 15) is 4.79 Å². The van der Waals surface area contributed by atoms with E-state index in [0.29, 0.717) is 12.3 Å². The standard InChI is InChI=1S/C14H13N3O2/c15-10-6-7-11(12-8-19-14(18)17-12)16-13(10)9-4-2-1-3-5-9/h1-7,12H,8,15H2,(H,17,18). The van der Waals surface area contributed by atoms with E-state index in [1.807, 2.05) is 30.3 Å². The second kappa shape index (κ2) is 4.61. The summed E-state index contributed by atoms with van der Waals surface area (Å²) < 4.78 is 4.87. The average molecular weight is 255 g/mol. The molecule has 0 spiro atoms. The lowest BCUT2D eigenvalue weighted by Gasteiger charge is -2.11. The Morgan fingerprint density at radius 1 is 1.21 bits per heavy atom. The molecule has 1 fully saturated rings. The van der Waals surface area contributed by atoms with Gasteiger partial charge in [0.15, 0.2) is 0 Å². The molecule has 1 atom stereocenters. The monoisotopic (exact) mass is 255 g/mol. The normalized spacial score (nSPS) is 17.9. The summed E-state index contributed by atoms with van der Waals surface area (Å²) in [4.78, 5) is 15.6. The maximum absolute atomic E-state index is 11.1.